The van der Waals surface area contributed by atoms with Gasteiger partial charge in [0, 0.05) is 16.6 Å². The number of aliphatic hydroxyl groups is 1. The average Bonchev–Trinajstić information content (AvgIpc) is 2.73. The molecule has 0 atom stereocenters. The van der Waals surface area contributed by atoms with Crippen molar-refractivity contribution >= 4 is 15.9 Å². The molecule has 0 aliphatic carbocycles. The summed E-state index contributed by atoms with van der Waals surface area (Å²) in [6, 6.07) is 7.89. The molecule has 2 aromatic rings. The molecule has 5 heteroatoms. The van der Waals surface area contributed by atoms with Crippen LogP contribution in [0.4, 0.5) is 0 Å². The van der Waals surface area contributed by atoms with E-state index in [1.165, 1.54) is 0 Å². The summed E-state index contributed by atoms with van der Waals surface area (Å²) in [5.41, 5.74) is 2.52. The number of aromatic nitrogens is 3. The number of hydrogen-bond acceptors (Lipinski definition) is 3. The summed E-state index contributed by atoms with van der Waals surface area (Å²) in [5, 5.41) is 17.4. The van der Waals surface area contributed by atoms with Crippen LogP contribution in [0.25, 0.3) is 11.3 Å². The van der Waals surface area contributed by atoms with Gasteiger partial charge in [-0.15, -0.1) is 5.10 Å². The minimum absolute atomic E-state index is 0.0968. The van der Waals surface area contributed by atoms with Gasteiger partial charge in [-0.2, -0.15) is 0 Å². The molecule has 0 aliphatic heterocycles. The van der Waals surface area contributed by atoms with Crippen LogP contribution in [0.3, 0.4) is 0 Å². The lowest BCUT2D eigenvalue weighted by Gasteiger charge is -2.08. The van der Waals surface area contributed by atoms with Gasteiger partial charge in [0.05, 0.1) is 12.3 Å². The highest BCUT2D eigenvalue weighted by Crippen LogP contribution is 2.29. The van der Waals surface area contributed by atoms with Gasteiger partial charge < -0.3 is 5.11 Å². The first-order chi connectivity index (χ1) is 8.27. The Morgan fingerprint density at radius 2 is 2.12 bits per heavy atom. The van der Waals surface area contributed by atoms with E-state index in [2.05, 4.69) is 33.2 Å². The Balaban J connectivity index is 2.56. The summed E-state index contributed by atoms with van der Waals surface area (Å²) in [5.74, 6) is 0. The Bertz CT molecular complexity index is 510. The number of nitrogens with zero attached hydrogens (tertiary/aromatic N) is 3. The van der Waals surface area contributed by atoms with Gasteiger partial charge in [0.1, 0.15) is 5.69 Å². The van der Waals surface area contributed by atoms with Crippen molar-refractivity contribution in [3.63, 3.8) is 0 Å². The second kappa shape index (κ2) is 5.42. The molecular formula is C12H14BrN3O. The molecule has 1 heterocycles. The van der Waals surface area contributed by atoms with Gasteiger partial charge >= 0.3 is 0 Å². The fraction of sp³-hybridized carbons (Fsp3) is 0.333. The van der Waals surface area contributed by atoms with E-state index in [1.807, 2.05) is 28.9 Å². The Morgan fingerprint density at radius 3 is 2.76 bits per heavy atom. The van der Waals surface area contributed by atoms with Crippen LogP contribution in [0.1, 0.15) is 19.0 Å². The molecule has 1 aromatic heterocycles. The lowest BCUT2D eigenvalue weighted by Crippen LogP contribution is -2.02. The van der Waals surface area contributed by atoms with Gasteiger partial charge in [0.15, 0.2) is 0 Å². The lowest BCUT2D eigenvalue weighted by atomic mass is 10.1. The summed E-state index contributed by atoms with van der Waals surface area (Å²) in [6.07, 6.45) is 0.978. The fourth-order valence-corrected chi connectivity index (χ4v) is 2.24. The van der Waals surface area contributed by atoms with Crippen molar-refractivity contribution in [3.8, 4) is 11.3 Å². The number of rotatable bonds is 4. The first-order valence-electron chi connectivity index (χ1n) is 5.56. The molecule has 1 N–H and O–H groups in total. The van der Waals surface area contributed by atoms with Crippen LogP contribution in [0.2, 0.25) is 0 Å². The van der Waals surface area contributed by atoms with E-state index >= 15 is 0 Å². The molecule has 1 aromatic carbocycles. The third-order valence-electron chi connectivity index (χ3n) is 2.52. The molecule has 0 aliphatic rings. The Kier molecular flexibility index (Phi) is 3.91. The summed E-state index contributed by atoms with van der Waals surface area (Å²) in [4.78, 5) is 0. The average molecular weight is 296 g/mol. The number of halogens is 1. The molecule has 0 spiro atoms. The maximum atomic E-state index is 9.32. The molecule has 17 heavy (non-hydrogen) atoms. The summed E-state index contributed by atoms with van der Waals surface area (Å²) in [6.45, 7) is 2.79. The molecule has 0 radical (unpaired) electrons. The lowest BCUT2D eigenvalue weighted by molar-refractivity contribution is 0.277. The zero-order valence-electron chi connectivity index (χ0n) is 9.60. The second-order valence-corrected chi connectivity index (χ2v) is 4.60. The predicted octanol–water partition coefficient (Wildman–Crippen LogP) is 2.61. The summed E-state index contributed by atoms with van der Waals surface area (Å²) in [7, 11) is 0. The Hall–Kier alpha value is -1.20. The molecule has 2 rings (SSSR count). The van der Waals surface area contributed by atoms with Crippen LogP contribution in [0.5, 0.6) is 0 Å². The molecule has 0 bridgehead atoms. The van der Waals surface area contributed by atoms with Crippen molar-refractivity contribution < 1.29 is 5.11 Å². The molecule has 0 saturated carbocycles. The fourth-order valence-electron chi connectivity index (χ4n) is 1.77. The molecule has 0 saturated heterocycles. The third kappa shape index (κ3) is 2.40. The maximum Gasteiger partial charge on any atom is 0.116 e. The Morgan fingerprint density at radius 1 is 1.35 bits per heavy atom. The van der Waals surface area contributed by atoms with Gasteiger partial charge in [-0.3, -0.25) is 0 Å². The van der Waals surface area contributed by atoms with Gasteiger partial charge in [-0.05, 0) is 12.5 Å². The van der Waals surface area contributed by atoms with Crippen LogP contribution >= 0.6 is 15.9 Å². The second-order valence-electron chi connectivity index (χ2n) is 3.75. The molecule has 90 valence electrons. The van der Waals surface area contributed by atoms with Crippen molar-refractivity contribution in [2.45, 2.75) is 26.5 Å². The molecule has 0 fully saturated rings. The van der Waals surface area contributed by atoms with E-state index < -0.39 is 0 Å². The normalized spacial score (nSPS) is 10.8. The highest BCUT2D eigenvalue weighted by Gasteiger charge is 2.15. The van der Waals surface area contributed by atoms with Gasteiger partial charge in [0.2, 0.25) is 0 Å². The topological polar surface area (TPSA) is 50.9 Å². The minimum atomic E-state index is -0.0968. The van der Waals surface area contributed by atoms with E-state index in [-0.39, 0.29) is 6.61 Å². The van der Waals surface area contributed by atoms with Crippen molar-refractivity contribution in [2.24, 2.45) is 0 Å². The highest BCUT2D eigenvalue weighted by atomic mass is 79.9. The largest absolute Gasteiger partial charge is 0.390 e. The van der Waals surface area contributed by atoms with Gasteiger partial charge in [0.25, 0.3) is 0 Å². The van der Waals surface area contributed by atoms with Crippen LogP contribution in [0, 0.1) is 0 Å². The first kappa shape index (κ1) is 12.3. The van der Waals surface area contributed by atoms with E-state index in [1.54, 1.807) is 0 Å². The SMILES string of the molecule is CCCn1nnc(CO)c1-c1ccccc1Br. The quantitative estimate of drug-likeness (QED) is 0.943. The van der Waals surface area contributed by atoms with E-state index in [9.17, 15) is 5.11 Å². The van der Waals surface area contributed by atoms with Crippen LogP contribution in [-0.4, -0.2) is 20.1 Å². The zero-order valence-corrected chi connectivity index (χ0v) is 11.2. The maximum absolute atomic E-state index is 9.32. The van der Waals surface area contributed by atoms with Gasteiger partial charge in [-0.1, -0.05) is 46.3 Å². The number of benzene rings is 1. The summed E-state index contributed by atoms with van der Waals surface area (Å²) >= 11 is 3.52. The van der Waals surface area contributed by atoms with Crippen LogP contribution in [-0.2, 0) is 13.2 Å². The van der Waals surface area contributed by atoms with Crippen LogP contribution in [0.15, 0.2) is 28.7 Å². The number of aryl methyl sites for hydroxylation is 1. The monoisotopic (exact) mass is 295 g/mol. The number of aliphatic hydroxyl groups excluding tert-OH is 1. The minimum Gasteiger partial charge on any atom is -0.390 e. The van der Waals surface area contributed by atoms with E-state index in [0.29, 0.717) is 5.69 Å². The molecule has 0 amide bonds. The van der Waals surface area contributed by atoms with Crippen molar-refractivity contribution in [3.05, 3.63) is 34.4 Å². The van der Waals surface area contributed by atoms with Gasteiger partial charge in [-0.25, -0.2) is 4.68 Å². The first-order valence-corrected chi connectivity index (χ1v) is 6.35. The molecular weight excluding hydrogens is 282 g/mol. The summed E-state index contributed by atoms with van der Waals surface area (Å²) < 4.78 is 2.82. The highest BCUT2D eigenvalue weighted by molar-refractivity contribution is 9.10. The number of hydrogen-bond donors (Lipinski definition) is 1. The van der Waals surface area contributed by atoms with Crippen molar-refractivity contribution in [2.75, 3.05) is 0 Å². The van der Waals surface area contributed by atoms with Crippen molar-refractivity contribution in [1.82, 2.24) is 15.0 Å². The van der Waals surface area contributed by atoms with Crippen LogP contribution < -0.4 is 0 Å². The van der Waals surface area contributed by atoms with Crippen molar-refractivity contribution in [1.29, 1.82) is 0 Å². The standard InChI is InChI=1S/C12H14BrN3O/c1-2-7-16-12(11(8-17)14-15-16)9-5-3-4-6-10(9)13/h3-6,17H,2,7-8H2,1H3. The smallest absolute Gasteiger partial charge is 0.116 e. The zero-order chi connectivity index (χ0) is 12.3. The molecule has 0 unspecified atom stereocenters. The predicted molar refractivity (Wildman–Crippen MR) is 69.4 cm³/mol. The molecule has 4 nitrogen and oxygen atoms in total. The third-order valence-corrected chi connectivity index (χ3v) is 3.21. The van der Waals surface area contributed by atoms with E-state index in [0.717, 1.165) is 28.7 Å². The van der Waals surface area contributed by atoms with E-state index in [4.69, 9.17) is 0 Å². The Labute approximate surface area is 108 Å².